The van der Waals surface area contributed by atoms with Gasteiger partial charge >= 0.3 is 5.97 Å². The standard InChI is InChI=1S/C13H21N3O2/c1-8(2)11-14-12(16-15-11)10(13(17)18-3)9-6-4-5-7-9/h8-10H,4-7H2,1-3H3,(H,14,15,16). The van der Waals surface area contributed by atoms with Gasteiger partial charge in [-0.25, -0.2) is 4.98 Å². The molecular weight excluding hydrogens is 230 g/mol. The van der Waals surface area contributed by atoms with Crippen LogP contribution in [0.1, 0.15) is 63.0 Å². The Morgan fingerprint density at radius 3 is 2.56 bits per heavy atom. The topological polar surface area (TPSA) is 67.9 Å². The van der Waals surface area contributed by atoms with E-state index in [2.05, 4.69) is 15.2 Å². The third kappa shape index (κ3) is 2.54. The number of hydrogen-bond acceptors (Lipinski definition) is 4. The summed E-state index contributed by atoms with van der Waals surface area (Å²) in [7, 11) is 1.43. The zero-order valence-corrected chi connectivity index (χ0v) is 11.3. The van der Waals surface area contributed by atoms with Gasteiger partial charge in [0.05, 0.1) is 7.11 Å². The van der Waals surface area contributed by atoms with Crippen molar-refractivity contribution in [3.05, 3.63) is 11.6 Å². The number of H-pyrrole nitrogens is 1. The predicted octanol–water partition coefficient (Wildman–Crippen LogP) is 2.37. The van der Waals surface area contributed by atoms with E-state index in [-0.39, 0.29) is 17.8 Å². The number of aromatic amines is 1. The Kier molecular flexibility index (Phi) is 3.99. The molecule has 5 heteroatoms. The first-order valence-corrected chi connectivity index (χ1v) is 6.63. The van der Waals surface area contributed by atoms with Gasteiger partial charge in [-0.1, -0.05) is 26.7 Å². The smallest absolute Gasteiger partial charge is 0.316 e. The zero-order chi connectivity index (χ0) is 13.1. The van der Waals surface area contributed by atoms with Crippen molar-refractivity contribution in [2.24, 2.45) is 5.92 Å². The highest BCUT2D eigenvalue weighted by Gasteiger charge is 2.35. The van der Waals surface area contributed by atoms with Crippen LogP contribution in [0.5, 0.6) is 0 Å². The van der Waals surface area contributed by atoms with Gasteiger partial charge in [0.2, 0.25) is 0 Å². The largest absolute Gasteiger partial charge is 0.468 e. The molecule has 0 saturated heterocycles. The van der Waals surface area contributed by atoms with Gasteiger partial charge in [0.25, 0.3) is 0 Å². The van der Waals surface area contributed by atoms with Crippen LogP contribution < -0.4 is 0 Å². The summed E-state index contributed by atoms with van der Waals surface area (Å²) in [5.74, 6) is 1.54. The van der Waals surface area contributed by atoms with Gasteiger partial charge in [-0.2, -0.15) is 5.10 Å². The number of esters is 1. The summed E-state index contributed by atoms with van der Waals surface area (Å²) >= 11 is 0. The Hall–Kier alpha value is -1.39. The molecule has 0 spiro atoms. The highest BCUT2D eigenvalue weighted by Crippen LogP contribution is 2.37. The van der Waals surface area contributed by atoms with E-state index in [1.54, 1.807) is 0 Å². The minimum absolute atomic E-state index is 0.201. The van der Waals surface area contributed by atoms with E-state index in [1.165, 1.54) is 20.0 Å². The normalized spacial score (nSPS) is 18.2. The van der Waals surface area contributed by atoms with E-state index in [0.29, 0.717) is 11.7 Å². The van der Waals surface area contributed by atoms with Crippen LogP contribution >= 0.6 is 0 Å². The minimum Gasteiger partial charge on any atom is -0.468 e. The molecular formula is C13H21N3O2. The van der Waals surface area contributed by atoms with Crippen LogP contribution in [0, 0.1) is 5.92 Å². The van der Waals surface area contributed by atoms with E-state index in [4.69, 9.17) is 4.74 Å². The number of carbonyl (C=O) groups is 1. The number of nitrogens with one attached hydrogen (secondary N) is 1. The van der Waals surface area contributed by atoms with Crippen LogP contribution in [0.4, 0.5) is 0 Å². The van der Waals surface area contributed by atoms with E-state index in [1.807, 2.05) is 13.8 Å². The van der Waals surface area contributed by atoms with Crippen molar-refractivity contribution < 1.29 is 9.53 Å². The molecule has 0 bridgehead atoms. The highest BCUT2D eigenvalue weighted by molar-refractivity contribution is 5.77. The molecule has 1 N–H and O–H groups in total. The maximum Gasteiger partial charge on any atom is 0.316 e. The number of aromatic nitrogens is 3. The fourth-order valence-corrected chi connectivity index (χ4v) is 2.63. The van der Waals surface area contributed by atoms with Crippen molar-refractivity contribution in [3.63, 3.8) is 0 Å². The fourth-order valence-electron chi connectivity index (χ4n) is 2.63. The Balaban J connectivity index is 2.24. The molecule has 0 amide bonds. The SMILES string of the molecule is COC(=O)C(c1nc(C(C)C)n[nH]1)C1CCCC1. The van der Waals surface area contributed by atoms with Crippen LogP contribution in [0.3, 0.4) is 0 Å². The van der Waals surface area contributed by atoms with Gasteiger partial charge in [-0.05, 0) is 18.8 Å². The van der Waals surface area contributed by atoms with Crippen LogP contribution in [0.2, 0.25) is 0 Å². The highest BCUT2D eigenvalue weighted by atomic mass is 16.5. The number of hydrogen-bond donors (Lipinski definition) is 1. The number of nitrogens with zero attached hydrogens (tertiary/aromatic N) is 2. The Bertz CT molecular complexity index is 408. The average Bonchev–Trinajstić information content (AvgIpc) is 3.00. The molecule has 0 aliphatic heterocycles. The molecule has 100 valence electrons. The molecule has 1 aliphatic carbocycles. The van der Waals surface area contributed by atoms with Crippen molar-refractivity contribution >= 4 is 5.97 Å². The monoisotopic (exact) mass is 251 g/mol. The first-order chi connectivity index (χ1) is 8.63. The van der Waals surface area contributed by atoms with Gasteiger partial charge in [-0.15, -0.1) is 0 Å². The molecule has 1 unspecified atom stereocenters. The summed E-state index contributed by atoms with van der Waals surface area (Å²) in [4.78, 5) is 16.4. The van der Waals surface area contributed by atoms with Gasteiger partial charge < -0.3 is 4.74 Å². The second-order valence-electron chi connectivity index (χ2n) is 5.28. The molecule has 2 rings (SSSR count). The lowest BCUT2D eigenvalue weighted by atomic mass is 9.90. The Morgan fingerprint density at radius 1 is 1.39 bits per heavy atom. The first-order valence-electron chi connectivity index (χ1n) is 6.63. The number of ether oxygens (including phenoxy) is 1. The lowest BCUT2D eigenvalue weighted by molar-refractivity contribution is -0.144. The number of rotatable bonds is 4. The van der Waals surface area contributed by atoms with Crippen molar-refractivity contribution in [1.82, 2.24) is 15.2 Å². The molecule has 1 saturated carbocycles. The predicted molar refractivity (Wildman–Crippen MR) is 67.2 cm³/mol. The number of carbonyl (C=O) groups excluding carboxylic acids is 1. The Labute approximate surface area is 107 Å². The lowest BCUT2D eigenvalue weighted by Crippen LogP contribution is -2.22. The maximum atomic E-state index is 12.0. The summed E-state index contributed by atoms with van der Waals surface area (Å²) in [5.41, 5.74) is 0. The van der Waals surface area contributed by atoms with Gasteiger partial charge in [0.15, 0.2) is 5.82 Å². The third-order valence-electron chi connectivity index (χ3n) is 3.66. The quantitative estimate of drug-likeness (QED) is 0.834. The number of methoxy groups -OCH3 is 1. The molecule has 1 aliphatic rings. The molecule has 0 aromatic carbocycles. The summed E-state index contributed by atoms with van der Waals surface area (Å²) in [5, 5.41) is 7.10. The first kappa shape index (κ1) is 13.1. The molecule has 1 atom stereocenters. The van der Waals surface area contributed by atoms with Crippen molar-refractivity contribution in [3.8, 4) is 0 Å². The van der Waals surface area contributed by atoms with Gasteiger partial charge in [-0.3, -0.25) is 9.89 Å². The zero-order valence-electron chi connectivity index (χ0n) is 11.3. The second kappa shape index (κ2) is 5.50. The van der Waals surface area contributed by atoms with Crippen molar-refractivity contribution in [1.29, 1.82) is 0 Å². The van der Waals surface area contributed by atoms with Crippen LogP contribution in [-0.2, 0) is 9.53 Å². The van der Waals surface area contributed by atoms with E-state index in [0.717, 1.165) is 18.7 Å². The molecule has 0 radical (unpaired) electrons. The Morgan fingerprint density at radius 2 is 2.06 bits per heavy atom. The lowest BCUT2D eigenvalue weighted by Gasteiger charge is -2.18. The van der Waals surface area contributed by atoms with Gasteiger partial charge in [0.1, 0.15) is 11.7 Å². The second-order valence-corrected chi connectivity index (χ2v) is 5.28. The van der Waals surface area contributed by atoms with Gasteiger partial charge in [0, 0.05) is 5.92 Å². The maximum absolute atomic E-state index is 12.0. The summed E-state index contributed by atoms with van der Waals surface area (Å²) in [6.07, 6.45) is 4.50. The summed E-state index contributed by atoms with van der Waals surface area (Å²) in [6, 6.07) is 0. The molecule has 5 nitrogen and oxygen atoms in total. The van der Waals surface area contributed by atoms with E-state index in [9.17, 15) is 4.79 Å². The minimum atomic E-state index is -0.280. The summed E-state index contributed by atoms with van der Waals surface area (Å²) < 4.78 is 4.92. The van der Waals surface area contributed by atoms with E-state index >= 15 is 0 Å². The van der Waals surface area contributed by atoms with Crippen LogP contribution in [0.15, 0.2) is 0 Å². The fraction of sp³-hybridized carbons (Fsp3) is 0.769. The molecule has 1 aromatic heterocycles. The molecule has 1 fully saturated rings. The summed E-state index contributed by atoms with van der Waals surface area (Å²) in [6.45, 7) is 4.07. The van der Waals surface area contributed by atoms with Crippen molar-refractivity contribution in [2.45, 2.75) is 51.4 Å². The third-order valence-corrected chi connectivity index (χ3v) is 3.66. The molecule has 1 heterocycles. The van der Waals surface area contributed by atoms with E-state index < -0.39 is 0 Å². The van der Waals surface area contributed by atoms with Crippen molar-refractivity contribution in [2.75, 3.05) is 7.11 Å². The van der Waals surface area contributed by atoms with Crippen LogP contribution in [0.25, 0.3) is 0 Å². The molecule has 1 aromatic rings. The average molecular weight is 251 g/mol. The van der Waals surface area contributed by atoms with Crippen LogP contribution in [-0.4, -0.2) is 28.3 Å². The molecule has 18 heavy (non-hydrogen) atoms.